The number of rotatable bonds is 5. The Morgan fingerprint density at radius 1 is 1.50 bits per heavy atom. The molecule has 1 atom stereocenters. The number of esters is 1. The van der Waals surface area contributed by atoms with Gasteiger partial charge >= 0.3 is 5.97 Å². The zero-order valence-electron chi connectivity index (χ0n) is 11.3. The molecule has 0 aromatic heterocycles. The van der Waals surface area contributed by atoms with Gasteiger partial charge in [-0.1, -0.05) is 0 Å². The van der Waals surface area contributed by atoms with Gasteiger partial charge in [-0.25, -0.2) is 0 Å². The molecular weight excluding hydrogens is 236 g/mol. The van der Waals surface area contributed by atoms with Crippen LogP contribution < -0.4 is 5.32 Å². The van der Waals surface area contributed by atoms with Crippen LogP contribution >= 0.6 is 0 Å². The van der Waals surface area contributed by atoms with E-state index in [2.05, 4.69) is 5.32 Å². The van der Waals surface area contributed by atoms with Crippen LogP contribution in [0.25, 0.3) is 0 Å². The summed E-state index contributed by atoms with van der Waals surface area (Å²) in [6.07, 6.45) is -0.138. The number of nitrogens with zero attached hydrogens (tertiary/aromatic N) is 1. The van der Waals surface area contributed by atoms with Gasteiger partial charge in [-0.2, -0.15) is 0 Å². The number of hydrogen-bond acceptors (Lipinski definition) is 5. The second kappa shape index (κ2) is 7.33. The average molecular weight is 258 g/mol. The maximum absolute atomic E-state index is 11.8. The van der Waals surface area contributed by atoms with Gasteiger partial charge in [0, 0.05) is 13.1 Å². The first-order valence-electron chi connectivity index (χ1n) is 6.33. The Kier molecular flexibility index (Phi) is 6.07. The van der Waals surface area contributed by atoms with Gasteiger partial charge in [0.05, 0.1) is 25.9 Å². The molecule has 1 aliphatic rings. The lowest BCUT2D eigenvalue weighted by molar-refractivity contribution is -0.152. The van der Waals surface area contributed by atoms with Crippen molar-refractivity contribution < 1.29 is 19.1 Å². The van der Waals surface area contributed by atoms with E-state index in [4.69, 9.17) is 9.47 Å². The van der Waals surface area contributed by atoms with Gasteiger partial charge in [0.15, 0.2) is 0 Å². The molecule has 0 radical (unpaired) electrons. The number of hydrogen-bond donors (Lipinski definition) is 1. The van der Waals surface area contributed by atoms with E-state index < -0.39 is 6.04 Å². The molecule has 0 spiro atoms. The van der Waals surface area contributed by atoms with Gasteiger partial charge in [-0.05, 0) is 20.8 Å². The molecule has 0 aromatic rings. The summed E-state index contributed by atoms with van der Waals surface area (Å²) < 4.78 is 10.4. The van der Waals surface area contributed by atoms with E-state index in [9.17, 15) is 9.59 Å². The topological polar surface area (TPSA) is 67.9 Å². The van der Waals surface area contributed by atoms with Crippen molar-refractivity contribution in [1.82, 2.24) is 10.2 Å². The van der Waals surface area contributed by atoms with Gasteiger partial charge in [0.1, 0.15) is 6.04 Å². The summed E-state index contributed by atoms with van der Waals surface area (Å²) in [7, 11) is 0. The highest BCUT2D eigenvalue weighted by Gasteiger charge is 2.30. The van der Waals surface area contributed by atoms with Crippen molar-refractivity contribution in [2.45, 2.75) is 32.9 Å². The largest absolute Gasteiger partial charge is 0.462 e. The molecule has 1 saturated heterocycles. The van der Waals surface area contributed by atoms with E-state index in [0.29, 0.717) is 26.3 Å². The molecule has 1 heterocycles. The Morgan fingerprint density at radius 3 is 2.83 bits per heavy atom. The normalized spacial score (nSPS) is 20.8. The molecule has 1 N–H and O–H groups in total. The predicted molar refractivity (Wildman–Crippen MR) is 66.1 cm³/mol. The smallest absolute Gasteiger partial charge is 0.320 e. The summed E-state index contributed by atoms with van der Waals surface area (Å²) >= 11 is 0. The minimum atomic E-state index is -0.404. The summed E-state index contributed by atoms with van der Waals surface area (Å²) in [5.74, 6) is -0.407. The Morgan fingerprint density at radius 2 is 2.22 bits per heavy atom. The van der Waals surface area contributed by atoms with Crippen LogP contribution in [-0.2, 0) is 19.1 Å². The zero-order chi connectivity index (χ0) is 13.5. The lowest BCUT2D eigenvalue weighted by Crippen LogP contribution is -2.55. The molecule has 104 valence electrons. The first-order chi connectivity index (χ1) is 8.54. The van der Waals surface area contributed by atoms with Crippen molar-refractivity contribution >= 4 is 11.9 Å². The van der Waals surface area contributed by atoms with E-state index in [1.54, 1.807) is 18.7 Å². The quantitative estimate of drug-likeness (QED) is 0.690. The minimum absolute atomic E-state index is 0.102. The van der Waals surface area contributed by atoms with Gasteiger partial charge < -0.3 is 14.8 Å². The third kappa shape index (κ3) is 4.62. The summed E-state index contributed by atoms with van der Waals surface area (Å²) in [6, 6.07) is -0.404. The van der Waals surface area contributed by atoms with E-state index >= 15 is 0 Å². The minimum Gasteiger partial charge on any atom is -0.462 e. The molecule has 1 fully saturated rings. The van der Waals surface area contributed by atoms with Gasteiger partial charge in [-0.15, -0.1) is 0 Å². The number of carbonyl (C=O) groups excluding carboxylic acids is 2. The molecule has 0 bridgehead atoms. The van der Waals surface area contributed by atoms with E-state index in [0.717, 1.165) is 0 Å². The van der Waals surface area contributed by atoms with E-state index in [1.165, 1.54) is 0 Å². The summed E-state index contributed by atoms with van der Waals surface area (Å²) in [5, 5.41) is 2.75. The molecule has 1 rings (SSSR count). The fourth-order valence-corrected chi connectivity index (χ4v) is 1.83. The number of nitrogens with one attached hydrogen (secondary N) is 1. The average Bonchev–Trinajstić information content (AvgIpc) is 2.28. The van der Waals surface area contributed by atoms with Crippen LogP contribution in [0, 0.1) is 0 Å². The molecule has 0 saturated carbocycles. The lowest BCUT2D eigenvalue weighted by Gasteiger charge is -2.33. The molecule has 6 nitrogen and oxygen atoms in total. The number of amides is 1. The number of likely N-dealkylation sites (N-methyl/N-ethyl adjacent to an activating group) is 1. The zero-order valence-corrected chi connectivity index (χ0v) is 11.3. The molecule has 1 unspecified atom stereocenters. The lowest BCUT2D eigenvalue weighted by atomic mass is 10.2. The van der Waals surface area contributed by atoms with Crippen molar-refractivity contribution in [3.8, 4) is 0 Å². The monoisotopic (exact) mass is 258 g/mol. The molecule has 1 amide bonds. The van der Waals surface area contributed by atoms with Gasteiger partial charge in [-0.3, -0.25) is 14.5 Å². The number of ether oxygens (including phenoxy) is 2. The molecule has 6 heteroatoms. The second-order valence-electron chi connectivity index (χ2n) is 4.49. The van der Waals surface area contributed by atoms with Crippen molar-refractivity contribution in [3.63, 3.8) is 0 Å². The molecular formula is C12H22N2O4. The summed E-state index contributed by atoms with van der Waals surface area (Å²) in [5.41, 5.74) is 0. The highest BCUT2D eigenvalue weighted by atomic mass is 16.5. The number of carbonyl (C=O) groups is 2. The summed E-state index contributed by atoms with van der Waals surface area (Å²) in [6.45, 7) is 7.58. The first-order valence-corrected chi connectivity index (χ1v) is 6.33. The Balaban J connectivity index is 2.54. The van der Waals surface area contributed by atoms with E-state index in [1.807, 2.05) is 6.92 Å². The van der Waals surface area contributed by atoms with Crippen LogP contribution in [0.15, 0.2) is 0 Å². The maximum atomic E-state index is 11.8. The van der Waals surface area contributed by atoms with Gasteiger partial charge in [0.2, 0.25) is 5.91 Å². The number of morpholine rings is 1. The van der Waals surface area contributed by atoms with Crippen molar-refractivity contribution in [3.05, 3.63) is 0 Å². The second-order valence-corrected chi connectivity index (χ2v) is 4.49. The van der Waals surface area contributed by atoms with Crippen LogP contribution in [0.2, 0.25) is 0 Å². The highest BCUT2D eigenvalue weighted by molar-refractivity contribution is 5.83. The van der Waals surface area contributed by atoms with Crippen LogP contribution in [-0.4, -0.2) is 61.8 Å². The molecule has 18 heavy (non-hydrogen) atoms. The molecule has 0 aliphatic carbocycles. The molecule has 1 aliphatic heterocycles. The Hall–Kier alpha value is -1.14. The summed E-state index contributed by atoms with van der Waals surface area (Å²) in [4.78, 5) is 25.2. The third-order valence-corrected chi connectivity index (χ3v) is 2.59. The van der Waals surface area contributed by atoms with Crippen molar-refractivity contribution in [2.75, 3.05) is 32.8 Å². The van der Waals surface area contributed by atoms with Gasteiger partial charge in [0.25, 0.3) is 0 Å². The van der Waals surface area contributed by atoms with Crippen LogP contribution in [0.1, 0.15) is 20.8 Å². The Labute approximate surface area is 108 Å². The van der Waals surface area contributed by atoms with Crippen LogP contribution in [0.4, 0.5) is 0 Å². The van der Waals surface area contributed by atoms with Crippen molar-refractivity contribution in [1.29, 1.82) is 0 Å². The maximum Gasteiger partial charge on any atom is 0.320 e. The Bertz CT molecular complexity index is 294. The van der Waals surface area contributed by atoms with E-state index in [-0.39, 0.29) is 24.5 Å². The predicted octanol–water partition coefficient (Wildman–Crippen LogP) is -0.225. The fourth-order valence-electron chi connectivity index (χ4n) is 1.83. The molecule has 0 aromatic carbocycles. The van der Waals surface area contributed by atoms with Crippen molar-refractivity contribution in [2.24, 2.45) is 0 Å². The SMILES string of the molecule is CCNC(=O)C1COCCN1CC(=O)OC(C)C. The standard InChI is InChI=1S/C12H22N2O4/c1-4-13-12(16)10-8-17-6-5-14(10)7-11(15)18-9(2)3/h9-10H,4-8H2,1-3H3,(H,13,16). The first kappa shape index (κ1) is 14.9. The van der Waals surface area contributed by atoms with Crippen LogP contribution in [0.3, 0.4) is 0 Å². The fraction of sp³-hybridized carbons (Fsp3) is 0.833. The van der Waals surface area contributed by atoms with Crippen LogP contribution in [0.5, 0.6) is 0 Å². The third-order valence-electron chi connectivity index (χ3n) is 2.59. The highest BCUT2D eigenvalue weighted by Crippen LogP contribution is 2.07.